The highest BCUT2D eigenvalue weighted by Gasteiger charge is 2.41. The van der Waals surface area contributed by atoms with Gasteiger partial charge in [-0.3, -0.25) is 4.79 Å². The molecule has 2 aliphatic heterocycles. The topological polar surface area (TPSA) is 20.3 Å². The molecule has 54 valence electrons. The number of allylic oxidation sites excluding steroid dienone is 1. The molecular formula is C8H11NO. The summed E-state index contributed by atoms with van der Waals surface area (Å²) in [6.45, 7) is 3.02. The van der Waals surface area contributed by atoms with Gasteiger partial charge in [0, 0.05) is 6.54 Å². The summed E-state index contributed by atoms with van der Waals surface area (Å²) in [4.78, 5) is 12.8. The first kappa shape index (κ1) is 5.96. The molecular weight excluding hydrogens is 126 g/mol. The van der Waals surface area contributed by atoms with Gasteiger partial charge in [0.05, 0.1) is 12.5 Å². The van der Waals surface area contributed by atoms with Crippen LogP contribution in [0.1, 0.15) is 19.8 Å². The number of β-lactam (4-membered cyclic amide) rings is 1. The quantitative estimate of drug-likeness (QED) is 0.359. The Morgan fingerprint density at radius 3 is 3.00 bits per heavy atom. The fourth-order valence-corrected chi connectivity index (χ4v) is 1.82. The second-order valence-corrected chi connectivity index (χ2v) is 2.92. The van der Waals surface area contributed by atoms with Crippen LogP contribution in [0, 0.1) is 0 Å². The minimum absolute atomic E-state index is 0.335. The molecule has 1 atom stereocenters. The van der Waals surface area contributed by atoms with Crippen LogP contribution in [-0.4, -0.2) is 23.4 Å². The Labute approximate surface area is 60.5 Å². The second kappa shape index (κ2) is 1.84. The van der Waals surface area contributed by atoms with Crippen molar-refractivity contribution in [1.29, 1.82) is 0 Å². The molecule has 0 aromatic rings. The predicted octanol–water partition coefficient (Wildman–Crippen LogP) is 0.937. The number of fused-ring (bicyclic) bond motifs is 1. The fourth-order valence-electron chi connectivity index (χ4n) is 1.82. The third-order valence-electron chi connectivity index (χ3n) is 2.50. The lowest BCUT2D eigenvalue weighted by Gasteiger charge is -2.34. The molecule has 2 aliphatic rings. The van der Waals surface area contributed by atoms with E-state index in [1.807, 2.05) is 4.90 Å². The number of nitrogens with zero attached hydrogens (tertiary/aromatic N) is 1. The van der Waals surface area contributed by atoms with Gasteiger partial charge in [0.1, 0.15) is 0 Å². The molecule has 0 N–H and O–H groups in total. The molecule has 1 amide bonds. The van der Waals surface area contributed by atoms with Gasteiger partial charge in [-0.1, -0.05) is 6.08 Å². The van der Waals surface area contributed by atoms with Crippen LogP contribution in [0.5, 0.6) is 0 Å². The Bertz CT molecular complexity index is 207. The SMILES string of the molecule is C/C=C1\CCN2C(=O)C[C@@H]12. The van der Waals surface area contributed by atoms with Crippen molar-refractivity contribution in [2.75, 3.05) is 6.54 Å². The zero-order chi connectivity index (χ0) is 7.14. The van der Waals surface area contributed by atoms with Gasteiger partial charge in [-0.15, -0.1) is 0 Å². The van der Waals surface area contributed by atoms with E-state index in [1.54, 1.807) is 0 Å². The Hall–Kier alpha value is -0.790. The van der Waals surface area contributed by atoms with Crippen LogP contribution in [-0.2, 0) is 4.79 Å². The second-order valence-electron chi connectivity index (χ2n) is 2.92. The van der Waals surface area contributed by atoms with Gasteiger partial charge in [-0.05, 0) is 18.9 Å². The van der Waals surface area contributed by atoms with E-state index in [4.69, 9.17) is 0 Å². The minimum atomic E-state index is 0.335. The van der Waals surface area contributed by atoms with E-state index in [0.29, 0.717) is 11.9 Å². The molecule has 2 saturated heterocycles. The molecule has 2 rings (SSSR count). The first-order chi connectivity index (χ1) is 4.83. The molecule has 2 nitrogen and oxygen atoms in total. The van der Waals surface area contributed by atoms with Crippen molar-refractivity contribution in [3.05, 3.63) is 11.6 Å². The molecule has 0 spiro atoms. The standard InChI is InChI=1S/C8H11NO/c1-2-6-3-4-9-7(6)5-8(9)10/h2,7H,3-5H2,1H3/b6-2+/t7-/m0/s1. The first-order valence-corrected chi connectivity index (χ1v) is 3.77. The Kier molecular flexibility index (Phi) is 1.10. The minimum Gasteiger partial charge on any atom is -0.335 e. The van der Waals surface area contributed by atoms with Crippen LogP contribution in [0.15, 0.2) is 11.6 Å². The van der Waals surface area contributed by atoms with Crippen LogP contribution in [0.2, 0.25) is 0 Å². The van der Waals surface area contributed by atoms with Crippen molar-refractivity contribution in [3.8, 4) is 0 Å². The van der Waals surface area contributed by atoms with Crippen molar-refractivity contribution >= 4 is 5.91 Å². The maximum absolute atomic E-state index is 10.9. The lowest BCUT2D eigenvalue weighted by Crippen LogP contribution is -2.48. The number of carbonyl (C=O) groups excluding carboxylic acids is 1. The smallest absolute Gasteiger partial charge is 0.225 e. The highest BCUT2D eigenvalue weighted by atomic mass is 16.2. The van der Waals surface area contributed by atoms with Gasteiger partial charge in [-0.2, -0.15) is 0 Å². The molecule has 0 bridgehead atoms. The van der Waals surface area contributed by atoms with Crippen molar-refractivity contribution in [2.24, 2.45) is 0 Å². The summed E-state index contributed by atoms with van der Waals surface area (Å²) in [6, 6.07) is 0.498. The largest absolute Gasteiger partial charge is 0.335 e. The van der Waals surface area contributed by atoms with E-state index in [9.17, 15) is 4.79 Å². The van der Waals surface area contributed by atoms with Crippen molar-refractivity contribution in [2.45, 2.75) is 25.8 Å². The molecule has 0 aromatic carbocycles. The highest BCUT2D eigenvalue weighted by Crippen LogP contribution is 2.33. The van der Waals surface area contributed by atoms with Crippen LogP contribution in [0.4, 0.5) is 0 Å². The molecule has 2 fully saturated rings. The van der Waals surface area contributed by atoms with E-state index < -0.39 is 0 Å². The van der Waals surface area contributed by atoms with E-state index in [0.717, 1.165) is 19.4 Å². The van der Waals surface area contributed by atoms with E-state index in [-0.39, 0.29) is 0 Å². The zero-order valence-electron chi connectivity index (χ0n) is 6.13. The van der Waals surface area contributed by atoms with Crippen LogP contribution >= 0.6 is 0 Å². The number of carbonyl (C=O) groups is 1. The third kappa shape index (κ3) is 0.564. The number of rotatable bonds is 0. The normalized spacial score (nSPS) is 34.5. The van der Waals surface area contributed by atoms with Crippen molar-refractivity contribution in [3.63, 3.8) is 0 Å². The summed E-state index contributed by atoms with van der Waals surface area (Å²) < 4.78 is 0. The third-order valence-corrected chi connectivity index (χ3v) is 2.50. The number of hydrogen-bond donors (Lipinski definition) is 0. The average Bonchev–Trinajstić information content (AvgIpc) is 2.25. The van der Waals surface area contributed by atoms with Gasteiger partial charge in [0.15, 0.2) is 0 Å². The predicted molar refractivity (Wildman–Crippen MR) is 38.5 cm³/mol. The first-order valence-electron chi connectivity index (χ1n) is 3.77. The van der Waals surface area contributed by atoms with Gasteiger partial charge in [0.25, 0.3) is 0 Å². The molecule has 0 aliphatic carbocycles. The summed E-state index contributed by atoms with van der Waals surface area (Å²) in [5, 5.41) is 0. The average molecular weight is 137 g/mol. The van der Waals surface area contributed by atoms with Gasteiger partial charge in [-0.25, -0.2) is 0 Å². The monoisotopic (exact) mass is 137 g/mol. The van der Waals surface area contributed by atoms with E-state index >= 15 is 0 Å². The molecule has 2 heterocycles. The van der Waals surface area contributed by atoms with Crippen LogP contribution in [0.25, 0.3) is 0 Å². The van der Waals surface area contributed by atoms with E-state index in [1.165, 1.54) is 5.57 Å². The molecule has 10 heavy (non-hydrogen) atoms. The Morgan fingerprint density at radius 2 is 2.50 bits per heavy atom. The Balaban J connectivity index is 2.18. The summed E-state index contributed by atoms with van der Waals surface area (Å²) in [5.74, 6) is 0.335. The summed E-state index contributed by atoms with van der Waals surface area (Å²) in [5.41, 5.74) is 1.46. The van der Waals surface area contributed by atoms with Crippen LogP contribution in [0.3, 0.4) is 0 Å². The highest BCUT2D eigenvalue weighted by molar-refractivity contribution is 5.85. The van der Waals surface area contributed by atoms with Crippen LogP contribution < -0.4 is 0 Å². The summed E-state index contributed by atoms with van der Waals surface area (Å²) in [7, 11) is 0. The zero-order valence-corrected chi connectivity index (χ0v) is 6.13. The fraction of sp³-hybridized carbons (Fsp3) is 0.625. The molecule has 0 saturated carbocycles. The maximum atomic E-state index is 10.9. The summed E-state index contributed by atoms with van der Waals surface area (Å²) in [6.07, 6.45) is 4.02. The van der Waals surface area contributed by atoms with Gasteiger partial charge < -0.3 is 4.90 Å². The van der Waals surface area contributed by atoms with Crippen molar-refractivity contribution in [1.82, 2.24) is 4.90 Å². The number of amides is 1. The van der Waals surface area contributed by atoms with Gasteiger partial charge >= 0.3 is 0 Å². The van der Waals surface area contributed by atoms with E-state index in [2.05, 4.69) is 13.0 Å². The summed E-state index contributed by atoms with van der Waals surface area (Å²) >= 11 is 0. The lowest BCUT2D eigenvalue weighted by atomic mass is 9.98. The molecule has 0 radical (unpaired) electrons. The molecule has 2 heteroatoms. The van der Waals surface area contributed by atoms with Crippen molar-refractivity contribution < 1.29 is 4.79 Å². The Morgan fingerprint density at radius 1 is 1.70 bits per heavy atom. The lowest BCUT2D eigenvalue weighted by molar-refractivity contribution is -0.141. The van der Waals surface area contributed by atoms with Gasteiger partial charge in [0.2, 0.25) is 5.91 Å². The maximum Gasteiger partial charge on any atom is 0.225 e. The molecule has 0 aromatic heterocycles. The molecule has 0 unspecified atom stereocenters. The number of hydrogen-bond acceptors (Lipinski definition) is 1.